The molecule has 22 heavy (non-hydrogen) atoms. The number of amides is 1. The fraction of sp³-hybridized carbons (Fsp3) is 0.444. The maximum absolute atomic E-state index is 11.9. The molecule has 1 amide bonds. The summed E-state index contributed by atoms with van der Waals surface area (Å²) in [5, 5.41) is 2.89. The Bertz CT molecular complexity index is 506. The molecule has 4 nitrogen and oxygen atoms in total. The second-order valence-corrected chi connectivity index (χ2v) is 5.35. The van der Waals surface area contributed by atoms with E-state index in [9.17, 15) is 9.59 Å². The van der Waals surface area contributed by atoms with E-state index in [4.69, 9.17) is 4.74 Å². The van der Waals surface area contributed by atoms with Gasteiger partial charge in [-0.2, -0.15) is 0 Å². The van der Waals surface area contributed by atoms with E-state index in [-0.39, 0.29) is 11.9 Å². The summed E-state index contributed by atoms with van der Waals surface area (Å²) in [6.07, 6.45) is 5.77. The molecule has 1 atom stereocenters. The molecule has 0 bridgehead atoms. The van der Waals surface area contributed by atoms with Gasteiger partial charge in [-0.05, 0) is 36.6 Å². The van der Waals surface area contributed by atoms with E-state index in [1.807, 2.05) is 24.3 Å². The summed E-state index contributed by atoms with van der Waals surface area (Å²) in [7, 11) is 0. The third kappa shape index (κ3) is 7.07. The van der Waals surface area contributed by atoms with Crippen LogP contribution in [0.3, 0.4) is 0 Å². The first-order valence-electron chi connectivity index (χ1n) is 7.79. The molecule has 0 fully saturated rings. The van der Waals surface area contributed by atoms with Gasteiger partial charge in [-0.1, -0.05) is 38.8 Å². The number of anilines is 1. The minimum absolute atomic E-state index is 0.0377. The van der Waals surface area contributed by atoms with E-state index in [0.717, 1.165) is 24.1 Å². The summed E-state index contributed by atoms with van der Waals surface area (Å²) in [4.78, 5) is 23.1. The number of ether oxygens (including phenoxy) is 1. The first-order chi connectivity index (χ1) is 10.5. The second-order valence-electron chi connectivity index (χ2n) is 5.35. The summed E-state index contributed by atoms with van der Waals surface area (Å²) >= 11 is 0. The lowest BCUT2D eigenvalue weighted by Crippen LogP contribution is -2.14. The Hall–Kier alpha value is -2.10. The van der Waals surface area contributed by atoms with Crippen LogP contribution in [0.4, 0.5) is 5.69 Å². The van der Waals surface area contributed by atoms with E-state index < -0.39 is 0 Å². The largest absolute Gasteiger partial charge is 0.463 e. The van der Waals surface area contributed by atoms with Crippen molar-refractivity contribution in [3.05, 3.63) is 35.9 Å². The number of nitrogens with one attached hydrogen (secondary N) is 1. The zero-order valence-electron chi connectivity index (χ0n) is 13.6. The third-order valence-corrected chi connectivity index (χ3v) is 3.21. The number of benzene rings is 1. The molecular weight excluding hydrogens is 278 g/mol. The minimum atomic E-state index is -0.357. The molecule has 0 aliphatic carbocycles. The minimum Gasteiger partial charge on any atom is -0.463 e. The molecule has 4 heteroatoms. The number of hydrogen-bond acceptors (Lipinski definition) is 3. The lowest BCUT2D eigenvalue weighted by atomic mass is 10.0. The molecule has 1 unspecified atom stereocenters. The summed E-state index contributed by atoms with van der Waals surface area (Å²) in [5.74, 6) is 0.0809. The lowest BCUT2D eigenvalue weighted by Gasteiger charge is -2.10. The first kappa shape index (κ1) is 18.0. The molecule has 1 aromatic rings. The highest BCUT2D eigenvalue weighted by atomic mass is 16.5. The van der Waals surface area contributed by atoms with Crippen molar-refractivity contribution in [1.82, 2.24) is 0 Å². The molecule has 120 valence electrons. The van der Waals surface area contributed by atoms with Crippen LogP contribution in [-0.4, -0.2) is 18.5 Å². The predicted octanol–water partition coefficient (Wildman–Crippen LogP) is 4.03. The van der Waals surface area contributed by atoms with Crippen LogP contribution in [-0.2, 0) is 14.3 Å². The molecule has 0 saturated carbocycles. The smallest absolute Gasteiger partial charge is 0.330 e. The Labute approximate surface area is 132 Å². The van der Waals surface area contributed by atoms with Crippen LogP contribution in [0.15, 0.2) is 30.3 Å². The van der Waals surface area contributed by atoms with Crippen molar-refractivity contribution in [2.24, 2.45) is 5.92 Å². The molecule has 0 radical (unpaired) electrons. The average molecular weight is 303 g/mol. The zero-order valence-corrected chi connectivity index (χ0v) is 13.6. The molecule has 1 aromatic carbocycles. The summed E-state index contributed by atoms with van der Waals surface area (Å²) < 4.78 is 4.81. The van der Waals surface area contributed by atoms with E-state index in [1.165, 1.54) is 6.08 Å². The average Bonchev–Trinajstić information content (AvgIpc) is 2.47. The Morgan fingerprint density at radius 2 is 1.91 bits per heavy atom. The van der Waals surface area contributed by atoms with Gasteiger partial charge in [0.1, 0.15) is 0 Å². The molecule has 1 N–H and O–H groups in total. The van der Waals surface area contributed by atoms with Crippen LogP contribution in [0.1, 0.15) is 45.6 Å². The van der Waals surface area contributed by atoms with Gasteiger partial charge in [0.2, 0.25) is 5.91 Å². The van der Waals surface area contributed by atoms with Crippen LogP contribution in [0.2, 0.25) is 0 Å². The zero-order chi connectivity index (χ0) is 16.4. The number of carbonyl (C=O) groups is 2. The van der Waals surface area contributed by atoms with E-state index >= 15 is 0 Å². The quantitative estimate of drug-likeness (QED) is 0.583. The third-order valence-electron chi connectivity index (χ3n) is 3.21. The van der Waals surface area contributed by atoms with Crippen LogP contribution in [0.25, 0.3) is 6.08 Å². The van der Waals surface area contributed by atoms with Crippen molar-refractivity contribution in [2.75, 3.05) is 11.9 Å². The topological polar surface area (TPSA) is 55.4 Å². The van der Waals surface area contributed by atoms with Crippen molar-refractivity contribution in [1.29, 1.82) is 0 Å². The number of esters is 1. The van der Waals surface area contributed by atoms with Gasteiger partial charge in [0.25, 0.3) is 0 Å². The van der Waals surface area contributed by atoms with Gasteiger partial charge in [0, 0.05) is 18.2 Å². The van der Waals surface area contributed by atoms with E-state index in [1.54, 1.807) is 13.0 Å². The van der Waals surface area contributed by atoms with Gasteiger partial charge in [-0.15, -0.1) is 0 Å². The number of hydrogen-bond donors (Lipinski definition) is 1. The van der Waals surface area contributed by atoms with Gasteiger partial charge in [0.05, 0.1) is 6.61 Å². The van der Waals surface area contributed by atoms with Gasteiger partial charge in [0.15, 0.2) is 0 Å². The normalized spacial score (nSPS) is 12.1. The molecule has 0 heterocycles. The van der Waals surface area contributed by atoms with Crippen LogP contribution >= 0.6 is 0 Å². The Kier molecular flexibility index (Phi) is 7.97. The molecular formula is C18H25NO3. The molecule has 0 aliphatic rings. The van der Waals surface area contributed by atoms with Crippen molar-refractivity contribution < 1.29 is 14.3 Å². The lowest BCUT2D eigenvalue weighted by molar-refractivity contribution is -0.137. The maximum atomic E-state index is 11.9. The van der Waals surface area contributed by atoms with Gasteiger partial charge in [-0.3, -0.25) is 4.79 Å². The second kappa shape index (κ2) is 9.77. The molecule has 1 rings (SSSR count). The number of rotatable bonds is 8. The van der Waals surface area contributed by atoms with Crippen molar-refractivity contribution in [3.8, 4) is 0 Å². The number of carbonyl (C=O) groups excluding carboxylic acids is 2. The highest BCUT2D eigenvalue weighted by molar-refractivity contribution is 5.91. The van der Waals surface area contributed by atoms with E-state index in [2.05, 4.69) is 19.2 Å². The molecule has 0 aromatic heterocycles. The first-order valence-corrected chi connectivity index (χ1v) is 7.79. The Morgan fingerprint density at radius 1 is 1.23 bits per heavy atom. The van der Waals surface area contributed by atoms with Crippen molar-refractivity contribution in [3.63, 3.8) is 0 Å². The SMILES string of the molecule is CCCC(C)CC(=O)Nc1ccc(/C=C/C(=O)OCC)cc1. The van der Waals surface area contributed by atoms with Gasteiger partial charge >= 0.3 is 5.97 Å². The van der Waals surface area contributed by atoms with Crippen molar-refractivity contribution >= 4 is 23.6 Å². The Morgan fingerprint density at radius 3 is 2.50 bits per heavy atom. The van der Waals surface area contributed by atoms with Crippen molar-refractivity contribution in [2.45, 2.75) is 40.0 Å². The standard InChI is InChI=1S/C18H25NO3/c1-4-6-14(3)13-17(20)19-16-10-7-15(8-11-16)9-12-18(21)22-5-2/h7-12,14H,4-6,13H2,1-3H3,(H,19,20)/b12-9+. The monoisotopic (exact) mass is 303 g/mol. The Balaban J connectivity index is 2.51. The van der Waals surface area contributed by atoms with Crippen LogP contribution in [0, 0.1) is 5.92 Å². The van der Waals surface area contributed by atoms with Crippen LogP contribution < -0.4 is 5.32 Å². The molecule has 0 spiro atoms. The maximum Gasteiger partial charge on any atom is 0.330 e. The van der Waals surface area contributed by atoms with Gasteiger partial charge in [-0.25, -0.2) is 4.79 Å². The summed E-state index contributed by atoms with van der Waals surface area (Å²) in [5.41, 5.74) is 1.65. The van der Waals surface area contributed by atoms with Gasteiger partial charge < -0.3 is 10.1 Å². The highest BCUT2D eigenvalue weighted by Gasteiger charge is 2.08. The van der Waals surface area contributed by atoms with Crippen LogP contribution in [0.5, 0.6) is 0 Å². The highest BCUT2D eigenvalue weighted by Crippen LogP contribution is 2.14. The fourth-order valence-electron chi connectivity index (χ4n) is 2.16. The summed E-state index contributed by atoms with van der Waals surface area (Å²) in [6, 6.07) is 7.35. The predicted molar refractivity (Wildman–Crippen MR) is 89.4 cm³/mol. The molecule has 0 saturated heterocycles. The van der Waals surface area contributed by atoms with E-state index in [0.29, 0.717) is 18.9 Å². The molecule has 0 aliphatic heterocycles. The summed E-state index contributed by atoms with van der Waals surface area (Å²) in [6.45, 7) is 6.35. The fourth-order valence-corrected chi connectivity index (χ4v) is 2.16.